The van der Waals surface area contributed by atoms with E-state index < -0.39 is 6.29 Å². The lowest BCUT2D eigenvalue weighted by molar-refractivity contribution is -0.134. The lowest BCUT2D eigenvalue weighted by Crippen LogP contribution is -2.28. The van der Waals surface area contributed by atoms with Crippen molar-refractivity contribution in [2.75, 3.05) is 0 Å². The highest BCUT2D eigenvalue weighted by atomic mass is 16.7. The van der Waals surface area contributed by atoms with Gasteiger partial charge in [0, 0.05) is 6.42 Å². The molecule has 0 saturated heterocycles. The molecule has 0 saturated carbocycles. The van der Waals surface area contributed by atoms with Crippen molar-refractivity contribution in [3.63, 3.8) is 0 Å². The summed E-state index contributed by atoms with van der Waals surface area (Å²) >= 11 is 0. The van der Waals surface area contributed by atoms with E-state index in [-0.39, 0.29) is 5.78 Å². The van der Waals surface area contributed by atoms with Gasteiger partial charge in [-0.05, 0) is 36.5 Å². The molecule has 2 rings (SSSR count). The average molecular weight is 248 g/mol. The van der Waals surface area contributed by atoms with Gasteiger partial charge in [0.25, 0.3) is 0 Å². The molecule has 1 aliphatic rings. The molecule has 0 aromatic heterocycles. The highest BCUT2D eigenvalue weighted by molar-refractivity contribution is 5.83. The van der Waals surface area contributed by atoms with E-state index in [1.807, 2.05) is 25.1 Å². The van der Waals surface area contributed by atoms with Crippen LogP contribution in [0.2, 0.25) is 0 Å². The van der Waals surface area contributed by atoms with Gasteiger partial charge in [-0.15, -0.1) is 0 Å². The summed E-state index contributed by atoms with van der Waals surface area (Å²) in [4.78, 5) is 11.5. The van der Waals surface area contributed by atoms with Gasteiger partial charge in [0.1, 0.15) is 0 Å². The Bertz CT molecular complexity index is 437. The molecule has 18 heavy (non-hydrogen) atoms. The second-order valence-corrected chi connectivity index (χ2v) is 5.10. The number of carbonyl (C=O) groups excluding carboxylic acids is 1. The van der Waals surface area contributed by atoms with Crippen LogP contribution in [0.1, 0.15) is 39.2 Å². The summed E-state index contributed by atoms with van der Waals surface area (Å²) in [5, 5.41) is 0. The Labute approximate surface area is 108 Å². The summed E-state index contributed by atoms with van der Waals surface area (Å²) in [5.41, 5.74) is 1.23. The van der Waals surface area contributed by atoms with E-state index in [9.17, 15) is 4.79 Å². The van der Waals surface area contributed by atoms with Gasteiger partial charge in [0.15, 0.2) is 11.5 Å². The summed E-state index contributed by atoms with van der Waals surface area (Å²) in [7, 11) is 0. The SMILES string of the molecule is CCC(=O)C1Oc2ccc(CCC(C)C)cc2O1. The third kappa shape index (κ3) is 2.84. The Kier molecular flexibility index (Phi) is 3.90. The monoisotopic (exact) mass is 248 g/mol. The summed E-state index contributed by atoms with van der Waals surface area (Å²) in [5.74, 6) is 2.04. The lowest BCUT2D eigenvalue weighted by atomic mass is 10.0. The molecule has 0 radical (unpaired) electrons. The van der Waals surface area contributed by atoms with Crippen LogP contribution in [-0.2, 0) is 11.2 Å². The summed E-state index contributed by atoms with van der Waals surface area (Å²) in [6.45, 7) is 6.23. The minimum absolute atomic E-state index is 0.0186. The second-order valence-electron chi connectivity index (χ2n) is 5.10. The molecule has 1 heterocycles. The van der Waals surface area contributed by atoms with E-state index in [2.05, 4.69) is 13.8 Å². The molecule has 3 heteroatoms. The van der Waals surface area contributed by atoms with Crippen LogP contribution in [0, 0.1) is 5.92 Å². The maximum Gasteiger partial charge on any atom is 0.300 e. The first-order chi connectivity index (χ1) is 8.60. The van der Waals surface area contributed by atoms with Crippen LogP contribution in [-0.4, -0.2) is 12.1 Å². The zero-order valence-electron chi connectivity index (χ0n) is 11.2. The number of rotatable bonds is 5. The van der Waals surface area contributed by atoms with Crippen LogP contribution in [0.15, 0.2) is 18.2 Å². The average Bonchev–Trinajstić information content (AvgIpc) is 2.78. The van der Waals surface area contributed by atoms with Crippen molar-refractivity contribution in [2.24, 2.45) is 5.92 Å². The quantitative estimate of drug-likeness (QED) is 0.801. The van der Waals surface area contributed by atoms with Gasteiger partial charge in [-0.2, -0.15) is 0 Å². The molecule has 1 aromatic rings. The van der Waals surface area contributed by atoms with E-state index in [4.69, 9.17) is 9.47 Å². The highest BCUT2D eigenvalue weighted by Gasteiger charge is 2.29. The predicted molar refractivity (Wildman–Crippen MR) is 69.9 cm³/mol. The first kappa shape index (κ1) is 12.9. The molecule has 0 spiro atoms. The predicted octanol–water partition coefficient (Wildman–Crippen LogP) is 3.35. The Morgan fingerprint density at radius 1 is 1.28 bits per heavy atom. The molecule has 1 unspecified atom stereocenters. The van der Waals surface area contributed by atoms with Crippen molar-refractivity contribution in [1.82, 2.24) is 0 Å². The number of carbonyl (C=O) groups is 1. The zero-order chi connectivity index (χ0) is 13.1. The zero-order valence-corrected chi connectivity index (χ0v) is 11.2. The normalized spacial score (nSPS) is 17.2. The number of ketones is 1. The molecular weight excluding hydrogens is 228 g/mol. The Hall–Kier alpha value is -1.51. The van der Waals surface area contributed by atoms with Crippen molar-refractivity contribution in [1.29, 1.82) is 0 Å². The Morgan fingerprint density at radius 2 is 2.00 bits per heavy atom. The van der Waals surface area contributed by atoms with Gasteiger partial charge in [-0.1, -0.05) is 26.8 Å². The Balaban J connectivity index is 2.05. The molecule has 1 aliphatic heterocycles. The highest BCUT2D eigenvalue weighted by Crippen LogP contribution is 2.36. The maximum absolute atomic E-state index is 11.5. The molecule has 0 amide bonds. The van der Waals surface area contributed by atoms with Gasteiger partial charge >= 0.3 is 6.29 Å². The third-order valence-corrected chi connectivity index (χ3v) is 3.10. The second kappa shape index (κ2) is 5.42. The number of benzene rings is 1. The number of Topliss-reactive ketones (excluding diaryl/α,β-unsaturated/α-hetero) is 1. The van der Waals surface area contributed by atoms with Crippen LogP contribution in [0.25, 0.3) is 0 Å². The molecule has 3 nitrogen and oxygen atoms in total. The van der Waals surface area contributed by atoms with Crippen LogP contribution >= 0.6 is 0 Å². The van der Waals surface area contributed by atoms with Crippen LogP contribution in [0.4, 0.5) is 0 Å². The van der Waals surface area contributed by atoms with Gasteiger partial charge in [-0.3, -0.25) is 4.79 Å². The van der Waals surface area contributed by atoms with Crippen molar-refractivity contribution >= 4 is 5.78 Å². The van der Waals surface area contributed by atoms with Gasteiger partial charge in [0.2, 0.25) is 5.78 Å². The van der Waals surface area contributed by atoms with Crippen LogP contribution in [0.5, 0.6) is 11.5 Å². The number of hydrogen-bond acceptors (Lipinski definition) is 3. The van der Waals surface area contributed by atoms with E-state index >= 15 is 0 Å². The van der Waals surface area contributed by atoms with E-state index in [1.165, 1.54) is 5.56 Å². The summed E-state index contributed by atoms with van der Waals surface area (Å²) < 4.78 is 11.0. The largest absolute Gasteiger partial charge is 0.444 e. The van der Waals surface area contributed by atoms with Gasteiger partial charge in [0.05, 0.1) is 0 Å². The van der Waals surface area contributed by atoms with E-state index in [0.717, 1.165) is 12.8 Å². The smallest absolute Gasteiger partial charge is 0.300 e. The van der Waals surface area contributed by atoms with Crippen molar-refractivity contribution < 1.29 is 14.3 Å². The number of ether oxygens (including phenoxy) is 2. The maximum atomic E-state index is 11.5. The number of fused-ring (bicyclic) bond motifs is 1. The fourth-order valence-corrected chi connectivity index (χ4v) is 1.91. The fourth-order valence-electron chi connectivity index (χ4n) is 1.91. The molecular formula is C15H20O3. The molecule has 0 aliphatic carbocycles. The molecule has 0 N–H and O–H groups in total. The molecule has 98 valence electrons. The van der Waals surface area contributed by atoms with E-state index in [0.29, 0.717) is 23.8 Å². The third-order valence-electron chi connectivity index (χ3n) is 3.10. The number of aryl methyl sites for hydroxylation is 1. The topological polar surface area (TPSA) is 35.5 Å². The summed E-state index contributed by atoms with van der Waals surface area (Å²) in [6, 6.07) is 5.93. The molecule has 0 fully saturated rings. The molecule has 0 bridgehead atoms. The van der Waals surface area contributed by atoms with Gasteiger partial charge in [-0.25, -0.2) is 0 Å². The minimum atomic E-state index is -0.745. The summed E-state index contributed by atoms with van der Waals surface area (Å²) in [6.07, 6.45) is 1.86. The minimum Gasteiger partial charge on any atom is -0.444 e. The standard InChI is InChI=1S/C15H20O3/c1-4-12(16)15-17-13-8-7-11(6-5-10(2)3)9-14(13)18-15/h7-10,15H,4-6H2,1-3H3. The van der Waals surface area contributed by atoms with Crippen LogP contribution in [0.3, 0.4) is 0 Å². The first-order valence-corrected chi connectivity index (χ1v) is 6.59. The van der Waals surface area contributed by atoms with Crippen LogP contribution < -0.4 is 9.47 Å². The van der Waals surface area contributed by atoms with Crippen molar-refractivity contribution in [3.8, 4) is 11.5 Å². The lowest BCUT2D eigenvalue weighted by Gasteiger charge is -2.06. The van der Waals surface area contributed by atoms with E-state index in [1.54, 1.807) is 0 Å². The molecule has 1 aromatic carbocycles. The fraction of sp³-hybridized carbons (Fsp3) is 0.533. The van der Waals surface area contributed by atoms with Crippen molar-refractivity contribution in [2.45, 2.75) is 46.3 Å². The first-order valence-electron chi connectivity index (χ1n) is 6.59. The Morgan fingerprint density at radius 3 is 2.67 bits per heavy atom. The van der Waals surface area contributed by atoms with Crippen molar-refractivity contribution in [3.05, 3.63) is 23.8 Å². The number of hydrogen-bond donors (Lipinski definition) is 0. The molecule has 1 atom stereocenters. The van der Waals surface area contributed by atoms with Gasteiger partial charge < -0.3 is 9.47 Å².